The molecule has 1 aliphatic carbocycles. The Morgan fingerprint density at radius 1 is 1.32 bits per heavy atom. The summed E-state index contributed by atoms with van der Waals surface area (Å²) < 4.78 is 5.71. The molecule has 0 bridgehead atoms. The minimum atomic E-state index is 0.130. The van der Waals surface area contributed by atoms with Gasteiger partial charge in [-0.25, -0.2) is 4.99 Å². The van der Waals surface area contributed by atoms with Gasteiger partial charge in [-0.05, 0) is 25.7 Å². The zero-order valence-electron chi connectivity index (χ0n) is 11.2. The minimum absolute atomic E-state index is 0.130. The van der Waals surface area contributed by atoms with E-state index in [9.17, 15) is 0 Å². The van der Waals surface area contributed by atoms with Crippen LogP contribution in [0, 0.1) is 11.3 Å². The van der Waals surface area contributed by atoms with E-state index in [2.05, 4.69) is 15.1 Å². The molecule has 0 aromatic carbocycles. The lowest BCUT2D eigenvalue weighted by Gasteiger charge is -2.21. The summed E-state index contributed by atoms with van der Waals surface area (Å²) >= 11 is 0. The molecule has 2 aliphatic rings. The smallest absolute Gasteiger partial charge is 0.241 e. The lowest BCUT2D eigenvalue weighted by atomic mass is 9.90. The zero-order chi connectivity index (χ0) is 13.7. The molecule has 2 N–H and O–H groups in total. The standard InChI is InChI=1S/C13H20N4O2/c1-9-15-12(14)7-11(17-18)13(16-9)19-8-10-5-3-2-4-6-10/h10,14,18H,2-8H2,1H3. The molecule has 0 unspecified atom stereocenters. The van der Waals surface area contributed by atoms with Gasteiger partial charge in [0.15, 0.2) is 0 Å². The lowest BCUT2D eigenvalue weighted by molar-refractivity contribution is 0.202. The van der Waals surface area contributed by atoms with Gasteiger partial charge in [-0.15, -0.1) is 0 Å². The van der Waals surface area contributed by atoms with Crippen molar-refractivity contribution in [3.8, 4) is 0 Å². The molecule has 0 aromatic rings. The van der Waals surface area contributed by atoms with Crippen molar-refractivity contribution in [3.63, 3.8) is 0 Å². The Morgan fingerprint density at radius 2 is 2.05 bits per heavy atom. The molecule has 1 saturated carbocycles. The van der Waals surface area contributed by atoms with Crippen LogP contribution in [-0.4, -0.2) is 35.1 Å². The first-order chi connectivity index (χ1) is 9.19. The molecule has 0 atom stereocenters. The molecule has 1 heterocycles. The van der Waals surface area contributed by atoms with E-state index >= 15 is 0 Å². The van der Waals surface area contributed by atoms with Gasteiger partial charge in [0.2, 0.25) is 5.90 Å². The summed E-state index contributed by atoms with van der Waals surface area (Å²) in [6, 6.07) is 0. The minimum Gasteiger partial charge on any atom is -0.476 e. The number of hydrogen-bond acceptors (Lipinski definition) is 5. The van der Waals surface area contributed by atoms with Crippen molar-refractivity contribution in [1.82, 2.24) is 0 Å². The van der Waals surface area contributed by atoms with Crippen LogP contribution in [0.2, 0.25) is 0 Å². The Labute approximate surface area is 112 Å². The third kappa shape index (κ3) is 3.87. The predicted octanol–water partition coefficient (Wildman–Crippen LogP) is 2.61. The fraction of sp³-hybridized carbons (Fsp3) is 0.692. The van der Waals surface area contributed by atoms with Gasteiger partial charge in [-0.2, -0.15) is 4.99 Å². The number of ether oxygens (including phenoxy) is 1. The Morgan fingerprint density at radius 3 is 2.74 bits per heavy atom. The monoisotopic (exact) mass is 264 g/mol. The lowest BCUT2D eigenvalue weighted by Crippen LogP contribution is -2.23. The molecule has 6 nitrogen and oxygen atoms in total. The van der Waals surface area contributed by atoms with Crippen LogP contribution >= 0.6 is 0 Å². The van der Waals surface area contributed by atoms with Crippen molar-refractivity contribution >= 4 is 23.3 Å². The molecule has 104 valence electrons. The highest BCUT2D eigenvalue weighted by Crippen LogP contribution is 2.23. The van der Waals surface area contributed by atoms with E-state index in [0.717, 1.165) is 0 Å². The summed E-state index contributed by atoms with van der Waals surface area (Å²) in [6.45, 7) is 2.30. The first-order valence-corrected chi connectivity index (χ1v) is 6.74. The number of amidine groups is 2. The summed E-state index contributed by atoms with van der Waals surface area (Å²) in [6.07, 6.45) is 6.34. The first-order valence-electron chi connectivity index (χ1n) is 6.74. The molecule has 19 heavy (non-hydrogen) atoms. The third-order valence-electron chi connectivity index (χ3n) is 3.44. The normalized spacial score (nSPS) is 23.8. The van der Waals surface area contributed by atoms with Gasteiger partial charge in [0.05, 0.1) is 13.0 Å². The summed E-state index contributed by atoms with van der Waals surface area (Å²) in [5.41, 5.74) is 0.279. The number of hydrogen-bond donors (Lipinski definition) is 2. The molecule has 0 spiro atoms. The van der Waals surface area contributed by atoms with Crippen LogP contribution in [0.25, 0.3) is 0 Å². The van der Waals surface area contributed by atoms with Gasteiger partial charge in [0.1, 0.15) is 17.4 Å². The summed E-state index contributed by atoms with van der Waals surface area (Å²) in [7, 11) is 0. The fourth-order valence-electron chi connectivity index (χ4n) is 2.45. The maximum absolute atomic E-state index is 9.01. The Kier molecular flexibility index (Phi) is 4.65. The number of nitrogens with zero attached hydrogens (tertiary/aromatic N) is 3. The van der Waals surface area contributed by atoms with Gasteiger partial charge < -0.3 is 9.94 Å². The van der Waals surface area contributed by atoms with Crippen molar-refractivity contribution in [3.05, 3.63) is 0 Å². The van der Waals surface area contributed by atoms with Crippen LogP contribution in [-0.2, 0) is 4.74 Å². The third-order valence-corrected chi connectivity index (χ3v) is 3.44. The van der Waals surface area contributed by atoms with E-state index in [1.807, 2.05) is 0 Å². The Bertz CT molecular complexity index is 434. The molecule has 1 aliphatic heterocycles. The molecule has 0 aromatic heterocycles. The summed E-state index contributed by atoms with van der Waals surface area (Å²) in [5, 5.41) is 19.8. The number of oxime groups is 1. The maximum atomic E-state index is 9.01. The van der Waals surface area contributed by atoms with Crippen molar-refractivity contribution < 1.29 is 9.94 Å². The first kappa shape index (κ1) is 13.7. The van der Waals surface area contributed by atoms with Crippen LogP contribution in [0.1, 0.15) is 45.4 Å². The molecule has 0 radical (unpaired) electrons. The van der Waals surface area contributed by atoms with Crippen LogP contribution in [0.15, 0.2) is 15.1 Å². The number of aliphatic imine (C=N–C) groups is 2. The Balaban J connectivity index is 2.00. The van der Waals surface area contributed by atoms with E-state index < -0.39 is 0 Å². The van der Waals surface area contributed by atoms with Crippen LogP contribution in [0.5, 0.6) is 0 Å². The maximum Gasteiger partial charge on any atom is 0.241 e. The zero-order valence-corrected chi connectivity index (χ0v) is 11.2. The van der Waals surface area contributed by atoms with E-state index in [1.165, 1.54) is 32.1 Å². The van der Waals surface area contributed by atoms with Crippen LogP contribution in [0.4, 0.5) is 0 Å². The summed E-state index contributed by atoms with van der Waals surface area (Å²) in [5.74, 6) is 1.44. The van der Waals surface area contributed by atoms with Crippen molar-refractivity contribution in [2.45, 2.75) is 45.4 Å². The highest BCUT2D eigenvalue weighted by atomic mass is 16.5. The number of nitrogens with one attached hydrogen (secondary N) is 1. The molecular weight excluding hydrogens is 244 g/mol. The highest BCUT2D eigenvalue weighted by molar-refractivity contribution is 6.44. The van der Waals surface area contributed by atoms with E-state index in [4.69, 9.17) is 15.4 Å². The molecule has 0 saturated heterocycles. The van der Waals surface area contributed by atoms with E-state index in [0.29, 0.717) is 24.3 Å². The van der Waals surface area contributed by atoms with Gasteiger partial charge in [0, 0.05) is 0 Å². The van der Waals surface area contributed by atoms with Crippen molar-refractivity contribution in [2.24, 2.45) is 21.1 Å². The van der Waals surface area contributed by atoms with Crippen molar-refractivity contribution in [2.75, 3.05) is 6.61 Å². The Hall–Kier alpha value is -1.72. The predicted molar refractivity (Wildman–Crippen MR) is 74.6 cm³/mol. The van der Waals surface area contributed by atoms with Gasteiger partial charge in [-0.3, -0.25) is 5.41 Å². The molecular formula is C13H20N4O2. The second kappa shape index (κ2) is 6.45. The highest BCUT2D eigenvalue weighted by Gasteiger charge is 2.21. The van der Waals surface area contributed by atoms with Gasteiger partial charge in [-0.1, -0.05) is 24.4 Å². The summed E-state index contributed by atoms with van der Waals surface area (Å²) in [4.78, 5) is 8.14. The molecule has 6 heteroatoms. The number of rotatable bonds is 2. The van der Waals surface area contributed by atoms with E-state index in [-0.39, 0.29) is 18.0 Å². The molecule has 2 rings (SSSR count). The average Bonchev–Trinajstić information content (AvgIpc) is 2.55. The molecule has 0 amide bonds. The van der Waals surface area contributed by atoms with Crippen LogP contribution in [0.3, 0.4) is 0 Å². The second-order valence-electron chi connectivity index (χ2n) is 5.06. The topological polar surface area (TPSA) is 90.4 Å². The quantitative estimate of drug-likeness (QED) is 0.593. The largest absolute Gasteiger partial charge is 0.476 e. The fourth-order valence-corrected chi connectivity index (χ4v) is 2.45. The van der Waals surface area contributed by atoms with E-state index in [1.54, 1.807) is 6.92 Å². The van der Waals surface area contributed by atoms with Gasteiger partial charge >= 0.3 is 0 Å². The van der Waals surface area contributed by atoms with Gasteiger partial charge in [0.25, 0.3) is 0 Å². The second-order valence-corrected chi connectivity index (χ2v) is 5.06. The van der Waals surface area contributed by atoms with Crippen molar-refractivity contribution in [1.29, 1.82) is 5.41 Å². The van der Waals surface area contributed by atoms with Crippen LogP contribution < -0.4 is 0 Å². The SMILES string of the molecule is CC1=NC(=N)CC(=NO)C(OCC2CCCCC2)=N1. The average molecular weight is 264 g/mol. The molecule has 1 fully saturated rings.